The van der Waals surface area contributed by atoms with E-state index in [1.165, 1.54) is 0 Å². The van der Waals surface area contributed by atoms with Gasteiger partial charge in [0, 0.05) is 27.3 Å². The first-order valence-corrected chi connectivity index (χ1v) is 7.15. The zero-order chi connectivity index (χ0) is 13.7. The summed E-state index contributed by atoms with van der Waals surface area (Å²) in [6.45, 7) is 2.71. The monoisotopic (exact) mass is 301 g/mol. The summed E-state index contributed by atoms with van der Waals surface area (Å²) in [6.07, 6.45) is 0. The number of methoxy groups -OCH3 is 2. The number of hydrogen-bond donors (Lipinski definition) is 0. The number of hydrogen-bond acceptors (Lipinski definition) is 6. The van der Waals surface area contributed by atoms with Crippen LogP contribution in [0.4, 0.5) is 5.82 Å². The van der Waals surface area contributed by atoms with Crippen molar-refractivity contribution in [1.29, 1.82) is 0 Å². The van der Waals surface area contributed by atoms with Crippen LogP contribution in [0.5, 0.6) is 0 Å². The summed E-state index contributed by atoms with van der Waals surface area (Å²) >= 11 is 7.54. The Balaban J connectivity index is 2.33. The van der Waals surface area contributed by atoms with Gasteiger partial charge in [-0.3, -0.25) is 0 Å². The smallest absolute Gasteiger partial charge is 0.225 e. The Morgan fingerprint density at radius 1 is 1.21 bits per heavy atom. The van der Waals surface area contributed by atoms with Crippen LogP contribution in [0, 0.1) is 0 Å². The summed E-state index contributed by atoms with van der Waals surface area (Å²) in [6, 6.07) is 2.01. The van der Waals surface area contributed by atoms with Crippen molar-refractivity contribution in [3.8, 4) is 0 Å². The van der Waals surface area contributed by atoms with Crippen LogP contribution >= 0.6 is 22.9 Å². The fourth-order valence-electron chi connectivity index (χ4n) is 1.78. The van der Waals surface area contributed by atoms with Gasteiger partial charge in [0.05, 0.1) is 18.6 Å². The van der Waals surface area contributed by atoms with E-state index in [9.17, 15) is 0 Å². The van der Waals surface area contributed by atoms with Gasteiger partial charge in [-0.15, -0.1) is 11.3 Å². The molecule has 2 aromatic rings. The highest BCUT2D eigenvalue weighted by molar-refractivity contribution is 7.16. The third-order valence-electron chi connectivity index (χ3n) is 2.71. The minimum absolute atomic E-state index is 0.268. The highest BCUT2D eigenvalue weighted by Gasteiger charge is 2.14. The molecule has 0 atom stereocenters. The maximum Gasteiger partial charge on any atom is 0.225 e. The van der Waals surface area contributed by atoms with Crippen LogP contribution in [0.25, 0.3) is 10.2 Å². The molecule has 0 N–H and O–H groups in total. The van der Waals surface area contributed by atoms with E-state index in [1.807, 2.05) is 11.4 Å². The van der Waals surface area contributed by atoms with E-state index >= 15 is 0 Å². The molecular weight excluding hydrogens is 286 g/mol. The molecule has 0 aliphatic carbocycles. The number of rotatable bonds is 7. The van der Waals surface area contributed by atoms with E-state index in [0.29, 0.717) is 13.2 Å². The van der Waals surface area contributed by atoms with E-state index in [4.69, 9.17) is 21.1 Å². The lowest BCUT2D eigenvalue weighted by molar-refractivity contribution is 0.190. The van der Waals surface area contributed by atoms with E-state index in [1.54, 1.807) is 25.6 Å². The number of thiophene rings is 1. The van der Waals surface area contributed by atoms with Gasteiger partial charge in [0.1, 0.15) is 10.6 Å². The molecule has 0 saturated heterocycles. The first kappa shape index (κ1) is 14.5. The lowest BCUT2D eigenvalue weighted by atomic mass is 10.3. The van der Waals surface area contributed by atoms with E-state index in [-0.39, 0.29) is 5.28 Å². The molecule has 0 aliphatic heterocycles. The summed E-state index contributed by atoms with van der Waals surface area (Å²) in [5.74, 6) is 0.838. The fourth-order valence-corrected chi connectivity index (χ4v) is 2.76. The van der Waals surface area contributed by atoms with Crippen LogP contribution in [-0.4, -0.2) is 50.5 Å². The average molecular weight is 302 g/mol. The predicted octanol–water partition coefficient (Wildman–Crippen LogP) is 2.44. The Labute approximate surface area is 121 Å². The topological polar surface area (TPSA) is 47.5 Å². The van der Waals surface area contributed by atoms with Gasteiger partial charge in [-0.05, 0) is 23.0 Å². The SMILES string of the molecule is COCCN(CCOC)c1nc(Cl)nc2sccc12. The number of fused-ring (bicyclic) bond motifs is 1. The van der Waals surface area contributed by atoms with Crippen molar-refractivity contribution in [2.45, 2.75) is 0 Å². The lowest BCUT2D eigenvalue weighted by Crippen LogP contribution is -2.31. The van der Waals surface area contributed by atoms with Gasteiger partial charge in [0.15, 0.2) is 0 Å². The molecule has 0 unspecified atom stereocenters. The van der Waals surface area contributed by atoms with Crippen LogP contribution < -0.4 is 4.90 Å². The van der Waals surface area contributed by atoms with Crippen molar-refractivity contribution in [2.24, 2.45) is 0 Å². The number of anilines is 1. The second-order valence-electron chi connectivity index (χ2n) is 3.93. The number of halogens is 1. The zero-order valence-electron chi connectivity index (χ0n) is 10.9. The maximum absolute atomic E-state index is 5.99. The van der Waals surface area contributed by atoms with Crippen LogP contribution in [0.3, 0.4) is 0 Å². The highest BCUT2D eigenvalue weighted by Crippen LogP contribution is 2.28. The summed E-state index contributed by atoms with van der Waals surface area (Å²) in [7, 11) is 3.36. The molecular formula is C12H16ClN3O2S. The Morgan fingerprint density at radius 2 is 1.89 bits per heavy atom. The maximum atomic E-state index is 5.99. The van der Waals surface area contributed by atoms with Gasteiger partial charge < -0.3 is 14.4 Å². The van der Waals surface area contributed by atoms with Crippen LogP contribution in [0.2, 0.25) is 5.28 Å². The summed E-state index contributed by atoms with van der Waals surface area (Å²) in [5, 5.41) is 3.27. The summed E-state index contributed by atoms with van der Waals surface area (Å²) < 4.78 is 10.3. The normalized spacial score (nSPS) is 11.1. The minimum Gasteiger partial charge on any atom is -0.383 e. The first-order valence-electron chi connectivity index (χ1n) is 5.90. The number of nitrogens with zero attached hydrogens (tertiary/aromatic N) is 3. The van der Waals surface area contributed by atoms with Crippen LogP contribution in [0.15, 0.2) is 11.4 Å². The van der Waals surface area contributed by atoms with Crippen molar-refractivity contribution in [3.63, 3.8) is 0 Å². The quantitative estimate of drug-likeness (QED) is 0.735. The van der Waals surface area contributed by atoms with Crippen molar-refractivity contribution >= 4 is 39.0 Å². The molecule has 19 heavy (non-hydrogen) atoms. The van der Waals surface area contributed by atoms with Crippen LogP contribution in [-0.2, 0) is 9.47 Å². The molecule has 0 radical (unpaired) electrons. The third kappa shape index (κ3) is 3.54. The lowest BCUT2D eigenvalue weighted by Gasteiger charge is -2.23. The average Bonchev–Trinajstić information content (AvgIpc) is 2.86. The molecule has 0 aliphatic rings. The zero-order valence-corrected chi connectivity index (χ0v) is 12.5. The first-order chi connectivity index (χ1) is 9.26. The highest BCUT2D eigenvalue weighted by atomic mass is 35.5. The second-order valence-corrected chi connectivity index (χ2v) is 5.16. The van der Waals surface area contributed by atoms with Crippen molar-refractivity contribution in [1.82, 2.24) is 9.97 Å². The fraction of sp³-hybridized carbons (Fsp3) is 0.500. The predicted molar refractivity (Wildman–Crippen MR) is 78.4 cm³/mol. The van der Waals surface area contributed by atoms with Gasteiger partial charge in [0.25, 0.3) is 0 Å². The van der Waals surface area contributed by atoms with E-state index < -0.39 is 0 Å². The van der Waals surface area contributed by atoms with Gasteiger partial charge in [-0.1, -0.05) is 0 Å². The molecule has 104 valence electrons. The van der Waals surface area contributed by atoms with Gasteiger partial charge in [-0.25, -0.2) is 4.98 Å². The molecule has 0 amide bonds. The molecule has 0 saturated carbocycles. The van der Waals surface area contributed by atoms with Crippen LogP contribution in [0.1, 0.15) is 0 Å². The second kappa shape index (κ2) is 7.00. The Kier molecular flexibility index (Phi) is 5.33. The molecule has 0 fully saturated rings. The van der Waals surface area contributed by atoms with Gasteiger partial charge >= 0.3 is 0 Å². The Bertz CT molecular complexity index is 527. The molecule has 2 rings (SSSR count). The third-order valence-corrected chi connectivity index (χ3v) is 3.68. The molecule has 2 heterocycles. The van der Waals surface area contributed by atoms with Crippen molar-refractivity contribution in [2.75, 3.05) is 45.4 Å². The Morgan fingerprint density at radius 3 is 2.53 bits per heavy atom. The van der Waals surface area contributed by atoms with Gasteiger partial charge in [0.2, 0.25) is 5.28 Å². The standard InChI is InChI=1S/C12H16ClN3O2S/c1-17-6-4-16(5-7-18-2)10-9-3-8-19-11(9)15-12(13)14-10/h3,8H,4-7H2,1-2H3. The minimum atomic E-state index is 0.268. The van der Waals surface area contributed by atoms with Crippen molar-refractivity contribution in [3.05, 3.63) is 16.7 Å². The number of ether oxygens (including phenoxy) is 2. The largest absolute Gasteiger partial charge is 0.383 e. The summed E-state index contributed by atoms with van der Waals surface area (Å²) in [4.78, 5) is 11.6. The number of aromatic nitrogens is 2. The Hall–Kier alpha value is -0.950. The molecule has 0 spiro atoms. The molecule has 5 nitrogen and oxygen atoms in total. The van der Waals surface area contributed by atoms with E-state index in [0.717, 1.165) is 29.1 Å². The molecule has 7 heteroatoms. The molecule has 2 aromatic heterocycles. The summed E-state index contributed by atoms with van der Waals surface area (Å²) in [5.41, 5.74) is 0. The van der Waals surface area contributed by atoms with Gasteiger partial charge in [-0.2, -0.15) is 4.98 Å². The molecule has 0 bridgehead atoms. The molecule has 0 aromatic carbocycles. The van der Waals surface area contributed by atoms with Crippen molar-refractivity contribution < 1.29 is 9.47 Å². The van der Waals surface area contributed by atoms with E-state index in [2.05, 4.69) is 14.9 Å².